The Bertz CT molecular complexity index is 3510. The van der Waals surface area contributed by atoms with Crippen molar-refractivity contribution in [1.29, 1.82) is 0 Å². The number of hydrogen-bond donors (Lipinski definition) is 0. The lowest BCUT2D eigenvalue weighted by Gasteiger charge is -2.47. The van der Waals surface area contributed by atoms with Gasteiger partial charge in [0.2, 0.25) is 0 Å². The summed E-state index contributed by atoms with van der Waals surface area (Å²) < 4.78 is 7.00. The van der Waals surface area contributed by atoms with Gasteiger partial charge in [-0.1, -0.05) is 164 Å². The van der Waals surface area contributed by atoms with E-state index in [-0.39, 0.29) is 39.2 Å². The third-order valence-electron chi connectivity index (χ3n) is 17.5. The predicted octanol–water partition coefficient (Wildman–Crippen LogP) is 16.5. The molecule has 0 atom stereocenters. The molecule has 12 rings (SSSR count). The van der Waals surface area contributed by atoms with Gasteiger partial charge in [0.1, 0.15) is 11.2 Å². The van der Waals surface area contributed by atoms with E-state index in [2.05, 4.69) is 235 Å². The SMILES string of the molecule is Cc1cc2c(cc1N1c3cc4c(cc3B3c5cc6oc7ccc(C(C)(C)C)cc7c6cc5N(c5ccccc5-c5ccccc5)c5cc(C(C)(C)C)cc1c53)C(C)(C)CC4(C)C)C(C)(C)CCC2(C)C. The van der Waals surface area contributed by atoms with Crippen LogP contribution in [-0.4, -0.2) is 6.71 Å². The van der Waals surface area contributed by atoms with Gasteiger partial charge in [0.15, 0.2) is 0 Å². The number of anilines is 6. The summed E-state index contributed by atoms with van der Waals surface area (Å²) in [6.45, 7) is 36.2. The van der Waals surface area contributed by atoms with Crippen LogP contribution in [-0.2, 0) is 32.5 Å². The normalized spacial score (nSPS) is 18.1. The van der Waals surface area contributed by atoms with Gasteiger partial charge in [0, 0.05) is 44.8 Å². The van der Waals surface area contributed by atoms with Gasteiger partial charge >= 0.3 is 0 Å². The molecule has 4 aliphatic rings. The Balaban J connectivity index is 1.25. The molecule has 0 fully saturated rings. The summed E-state index contributed by atoms with van der Waals surface area (Å²) in [5.74, 6) is 0. The van der Waals surface area contributed by atoms with Crippen molar-refractivity contribution < 1.29 is 4.42 Å². The Labute approximate surface area is 418 Å². The minimum atomic E-state index is -0.146. The Hall–Kier alpha value is -6.00. The topological polar surface area (TPSA) is 19.6 Å². The van der Waals surface area contributed by atoms with Crippen molar-refractivity contribution in [2.75, 3.05) is 9.80 Å². The van der Waals surface area contributed by atoms with Crippen LogP contribution in [0.5, 0.6) is 0 Å². The average Bonchev–Trinajstić information content (AvgIpc) is 3.74. The van der Waals surface area contributed by atoms with Gasteiger partial charge < -0.3 is 14.2 Å². The number of aryl methyl sites for hydroxylation is 1. The summed E-state index contributed by atoms with van der Waals surface area (Å²) in [6.07, 6.45) is 3.46. The molecule has 8 aromatic rings. The van der Waals surface area contributed by atoms with Crippen LogP contribution in [0, 0.1) is 6.92 Å². The summed E-state index contributed by atoms with van der Waals surface area (Å²) in [5, 5.41) is 2.32. The van der Waals surface area contributed by atoms with Crippen molar-refractivity contribution in [3.63, 3.8) is 0 Å². The van der Waals surface area contributed by atoms with E-state index in [1.54, 1.807) is 0 Å². The van der Waals surface area contributed by atoms with Gasteiger partial charge in [0.25, 0.3) is 6.71 Å². The highest BCUT2D eigenvalue weighted by Gasteiger charge is 2.49. The van der Waals surface area contributed by atoms with E-state index in [4.69, 9.17) is 4.42 Å². The maximum atomic E-state index is 7.00. The van der Waals surface area contributed by atoms with Crippen LogP contribution in [0.1, 0.15) is 155 Å². The fraction of sp³-hybridized carbons (Fsp3) is 0.364. The first-order valence-corrected chi connectivity index (χ1v) is 26.1. The molecule has 0 saturated heterocycles. The first-order chi connectivity index (χ1) is 32.8. The summed E-state index contributed by atoms with van der Waals surface area (Å²) >= 11 is 0. The molecule has 7 aromatic carbocycles. The van der Waals surface area contributed by atoms with E-state index >= 15 is 0 Å². The zero-order valence-corrected chi connectivity index (χ0v) is 44.5. The van der Waals surface area contributed by atoms with Gasteiger partial charge in [-0.3, -0.25) is 0 Å². The van der Waals surface area contributed by atoms with Crippen molar-refractivity contribution in [2.24, 2.45) is 0 Å². The first-order valence-electron chi connectivity index (χ1n) is 26.1. The summed E-state index contributed by atoms with van der Waals surface area (Å²) in [4.78, 5) is 5.37. The molecule has 3 nitrogen and oxygen atoms in total. The van der Waals surface area contributed by atoms with Crippen LogP contribution in [0.15, 0.2) is 126 Å². The van der Waals surface area contributed by atoms with E-state index < -0.39 is 0 Å². The summed E-state index contributed by atoms with van der Waals surface area (Å²) in [6, 6.07) is 47.5. The van der Waals surface area contributed by atoms with E-state index in [9.17, 15) is 0 Å². The molecule has 0 unspecified atom stereocenters. The molecule has 0 spiro atoms. The highest BCUT2D eigenvalue weighted by atomic mass is 16.3. The Morgan fingerprint density at radius 3 is 1.64 bits per heavy atom. The molecule has 70 heavy (non-hydrogen) atoms. The van der Waals surface area contributed by atoms with Crippen LogP contribution >= 0.6 is 0 Å². The summed E-state index contributed by atoms with van der Waals surface area (Å²) in [7, 11) is 0. The van der Waals surface area contributed by atoms with Crippen LogP contribution in [0.3, 0.4) is 0 Å². The highest BCUT2D eigenvalue weighted by molar-refractivity contribution is 7.00. The molecule has 1 aromatic heterocycles. The van der Waals surface area contributed by atoms with Crippen molar-refractivity contribution in [2.45, 2.75) is 156 Å². The zero-order valence-electron chi connectivity index (χ0n) is 44.5. The second kappa shape index (κ2) is 14.6. The number of benzene rings is 7. The minimum absolute atomic E-state index is 0.00596. The molecule has 3 heterocycles. The van der Waals surface area contributed by atoms with Crippen molar-refractivity contribution in [3.05, 3.63) is 160 Å². The van der Waals surface area contributed by atoms with Gasteiger partial charge in [-0.2, -0.15) is 0 Å². The molecule has 2 aliphatic carbocycles. The lowest BCUT2D eigenvalue weighted by molar-refractivity contribution is 0.332. The maximum Gasteiger partial charge on any atom is 0.252 e. The van der Waals surface area contributed by atoms with Crippen molar-refractivity contribution in [3.8, 4) is 11.1 Å². The number of fused-ring (bicyclic) bond motifs is 9. The molecular formula is C66H71BN2O. The fourth-order valence-corrected chi connectivity index (χ4v) is 13.6. The van der Waals surface area contributed by atoms with Crippen molar-refractivity contribution in [1.82, 2.24) is 0 Å². The predicted molar refractivity (Wildman–Crippen MR) is 301 cm³/mol. The second-order valence-corrected chi connectivity index (χ2v) is 26.5. The minimum Gasteiger partial charge on any atom is -0.456 e. The third-order valence-corrected chi connectivity index (χ3v) is 17.5. The number of nitrogens with zero attached hydrogens (tertiary/aromatic N) is 2. The van der Waals surface area contributed by atoms with E-state index in [1.165, 1.54) is 119 Å². The molecule has 2 aliphatic heterocycles. The zero-order chi connectivity index (χ0) is 49.4. The number of hydrogen-bond acceptors (Lipinski definition) is 3. The molecule has 354 valence electrons. The Kier molecular flexibility index (Phi) is 9.39. The largest absolute Gasteiger partial charge is 0.456 e. The molecule has 4 heteroatoms. The third kappa shape index (κ3) is 6.60. The van der Waals surface area contributed by atoms with Gasteiger partial charge in [-0.05, 0) is 174 Å². The fourth-order valence-electron chi connectivity index (χ4n) is 13.6. The molecule has 0 N–H and O–H groups in total. The molecular weight excluding hydrogens is 848 g/mol. The van der Waals surface area contributed by atoms with Crippen LogP contribution in [0.2, 0.25) is 0 Å². The van der Waals surface area contributed by atoms with E-state index in [0.717, 1.165) is 23.0 Å². The smallest absolute Gasteiger partial charge is 0.252 e. The molecule has 0 amide bonds. The molecule has 0 saturated carbocycles. The quantitative estimate of drug-likeness (QED) is 0.165. The van der Waals surface area contributed by atoms with Crippen molar-refractivity contribution >= 4 is 79.2 Å². The van der Waals surface area contributed by atoms with Crippen LogP contribution < -0.4 is 26.2 Å². The number of furan rings is 1. The van der Waals surface area contributed by atoms with Crippen LogP contribution in [0.4, 0.5) is 34.1 Å². The Morgan fingerprint density at radius 2 is 0.986 bits per heavy atom. The van der Waals surface area contributed by atoms with Gasteiger partial charge in [-0.15, -0.1) is 0 Å². The highest BCUT2D eigenvalue weighted by Crippen LogP contribution is 2.55. The lowest BCUT2D eigenvalue weighted by Crippen LogP contribution is -2.61. The first kappa shape index (κ1) is 45.2. The monoisotopic (exact) mass is 919 g/mol. The van der Waals surface area contributed by atoms with E-state index in [1.807, 2.05) is 0 Å². The van der Waals surface area contributed by atoms with E-state index in [0.29, 0.717) is 0 Å². The molecule has 0 bridgehead atoms. The lowest BCUT2D eigenvalue weighted by atomic mass is 9.33. The average molecular weight is 919 g/mol. The standard InChI is InChI=1S/C66H71BN2O/c1-39-29-46-48(64(10,11)28-27-63(46,8)9)35-53(39)69-55-36-49-47(65(12,13)38-66(49,14)15)34-50(55)67-51-37-59-45(44-30-41(61(2,3)4)25-26-58(44)70-59)33-54(51)68(56-31-42(62(5,6)7)32-57(69)60(56)67)52-24-20-19-23-43(52)40-21-17-16-18-22-40/h16-26,29-37H,27-28,38H2,1-15H3. The maximum absolute atomic E-state index is 7.00. The Morgan fingerprint density at radius 1 is 0.457 bits per heavy atom. The second-order valence-electron chi connectivity index (χ2n) is 26.5. The van der Waals surface area contributed by atoms with Gasteiger partial charge in [-0.25, -0.2) is 0 Å². The number of rotatable bonds is 3. The molecule has 0 radical (unpaired) electrons. The number of para-hydroxylation sites is 1. The van der Waals surface area contributed by atoms with Gasteiger partial charge in [0.05, 0.1) is 5.69 Å². The van der Waals surface area contributed by atoms with Crippen LogP contribution in [0.25, 0.3) is 33.1 Å². The summed E-state index contributed by atoms with van der Waals surface area (Å²) in [5.41, 5.74) is 25.7.